The Hall–Kier alpha value is -1.80. The minimum Gasteiger partial charge on any atom is -0.384 e. The van der Waals surface area contributed by atoms with Crippen LogP contribution in [-0.2, 0) is 17.6 Å². The Balaban J connectivity index is 1.88. The van der Waals surface area contributed by atoms with Crippen LogP contribution in [-0.4, -0.2) is 20.3 Å². The molecule has 0 fully saturated rings. The molecule has 1 aliphatic heterocycles. The second-order valence-corrected chi connectivity index (χ2v) is 4.95. The van der Waals surface area contributed by atoms with Crippen LogP contribution in [0, 0.1) is 0 Å². The Morgan fingerprint density at radius 2 is 1.95 bits per heavy atom. The van der Waals surface area contributed by atoms with Crippen molar-refractivity contribution in [2.75, 3.05) is 25.6 Å². The minimum atomic E-state index is 0.782. The van der Waals surface area contributed by atoms with E-state index in [1.54, 1.807) is 7.11 Å². The van der Waals surface area contributed by atoms with Gasteiger partial charge in [0.05, 0.1) is 6.61 Å². The van der Waals surface area contributed by atoms with E-state index in [0.717, 1.165) is 26.0 Å². The molecule has 0 atom stereocenters. The van der Waals surface area contributed by atoms with Crippen LogP contribution in [0.1, 0.15) is 11.1 Å². The summed E-state index contributed by atoms with van der Waals surface area (Å²) < 4.78 is 5.11. The van der Waals surface area contributed by atoms with Gasteiger partial charge in [-0.3, -0.25) is 0 Å². The number of hydrogen-bond acceptors (Lipinski definition) is 2. The Morgan fingerprint density at radius 1 is 1.11 bits per heavy atom. The summed E-state index contributed by atoms with van der Waals surface area (Å²) >= 11 is 0. The van der Waals surface area contributed by atoms with Crippen molar-refractivity contribution in [3.05, 3.63) is 53.6 Å². The number of ether oxygens (including phenoxy) is 1. The third-order valence-electron chi connectivity index (χ3n) is 3.73. The van der Waals surface area contributed by atoms with Gasteiger partial charge in [0, 0.05) is 19.3 Å². The highest BCUT2D eigenvalue weighted by Crippen LogP contribution is 2.32. The summed E-state index contributed by atoms with van der Waals surface area (Å²) in [4.78, 5) is 0. The van der Waals surface area contributed by atoms with E-state index >= 15 is 0 Å². The van der Waals surface area contributed by atoms with Gasteiger partial charge in [0.15, 0.2) is 0 Å². The highest BCUT2D eigenvalue weighted by molar-refractivity contribution is 5.75. The maximum Gasteiger partial charge on any atom is 0.0502 e. The van der Waals surface area contributed by atoms with Gasteiger partial charge in [-0.25, -0.2) is 0 Å². The van der Waals surface area contributed by atoms with Crippen molar-refractivity contribution in [1.82, 2.24) is 0 Å². The second kappa shape index (κ2) is 5.45. The van der Waals surface area contributed by atoms with E-state index in [2.05, 4.69) is 47.8 Å². The van der Waals surface area contributed by atoms with Crippen molar-refractivity contribution < 1.29 is 4.74 Å². The lowest BCUT2D eigenvalue weighted by atomic mass is 9.97. The molecular weight excluding hydrogens is 234 g/mol. The molecule has 1 heterocycles. The zero-order chi connectivity index (χ0) is 13.1. The van der Waals surface area contributed by atoms with Crippen molar-refractivity contribution in [2.45, 2.75) is 12.8 Å². The Kier molecular flexibility index (Phi) is 3.51. The molecular formula is C17H19NO. The Morgan fingerprint density at radius 3 is 2.74 bits per heavy atom. The average molecular weight is 253 g/mol. The molecule has 19 heavy (non-hydrogen) atoms. The largest absolute Gasteiger partial charge is 0.384 e. The molecule has 2 nitrogen and oxygen atoms in total. The first-order valence-corrected chi connectivity index (χ1v) is 6.82. The molecule has 0 amide bonds. The molecule has 2 heteroatoms. The van der Waals surface area contributed by atoms with Crippen LogP contribution in [0.25, 0.3) is 11.1 Å². The molecule has 98 valence electrons. The standard InChI is InChI=1S/C17H19NO/c1-19-12-10-13-5-7-14(8-6-13)15-3-2-4-17-16(15)9-11-18-17/h2-8,18H,9-12H2,1H3. The molecule has 1 N–H and O–H groups in total. The summed E-state index contributed by atoms with van der Waals surface area (Å²) in [5.74, 6) is 0. The highest BCUT2D eigenvalue weighted by Gasteiger charge is 2.14. The van der Waals surface area contributed by atoms with Crippen molar-refractivity contribution in [3.8, 4) is 11.1 Å². The third kappa shape index (κ3) is 2.49. The molecule has 0 unspecified atom stereocenters. The quantitative estimate of drug-likeness (QED) is 0.900. The van der Waals surface area contributed by atoms with Crippen LogP contribution in [0.2, 0.25) is 0 Å². The van der Waals surface area contributed by atoms with E-state index in [4.69, 9.17) is 4.74 Å². The van der Waals surface area contributed by atoms with E-state index in [1.807, 2.05) is 0 Å². The van der Waals surface area contributed by atoms with Gasteiger partial charge < -0.3 is 10.1 Å². The summed E-state index contributed by atoms with van der Waals surface area (Å²) in [6, 6.07) is 15.4. The Labute approximate surface area is 114 Å². The average Bonchev–Trinajstić information content (AvgIpc) is 2.94. The number of methoxy groups -OCH3 is 1. The van der Waals surface area contributed by atoms with Crippen LogP contribution in [0.5, 0.6) is 0 Å². The molecule has 0 aliphatic carbocycles. The fraction of sp³-hybridized carbons (Fsp3) is 0.294. The first kappa shape index (κ1) is 12.2. The molecule has 1 aliphatic rings. The van der Waals surface area contributed by atoms with Gasteiger partial charge >= 0.3 is 0 Å². The summed E-state index contributed by atoms with van der Waals surface area (Å²) in [5.41, 5.74) is 6.74. The molecule has 2 aromatic carbocycles. The van der Waals surface area contributed by atoms with Gasteiger partial charge in [0.2, 0.25) is 0 Å². The predicted octanol–water partition coefficient (Wildman–Crippen LogP) is 3.51. The van der Waals surface area contributed by atoms with Gasteiger partial charge in [-0.1, -0.05) is 36.4 Å². The number of fused-ring (bicyclic) bond motifs is 1. The van der Waals surface area contributed by atoms with Crippen LogP contribution < -0.4 is 5.32 Å². The van der Waals surface area contributed by atoms with Gasteiger partial charge in [0.25, 0.3) is 0 Å². The van der Waals surface area contributed by atoms with Crippen molar-refractivity contribution in [1.29, 1.82) is 0 Å². The zero-order valence-electron chi connectivity index (χ0n) is 11.3. The fourth-order valence-corrected chi connectivity index (χ4v) is 2.69. The van der Waals surface area contributed by atoms with E-state index in [-0.39, 0.29) is 0 Å². The van der Waals surface area contributed by atoms with Gasteiger partial charge in [-0.15, -0.1) is 0 Å². The summed E-state index contributed by atoms with van der Waals surface area (Å²) in [6.07, 6.45) is 2.10. The van der Waals surface area contributed by atoms with Gasteiger partial charge in [-0.2, -0.15) is 0 Å². The summed E-state index contributed by atoms with van der Waals surface area (Å²) in [6.45, 7) is 1.84. The van der Waals surface area contributed by atoms with Gasteiger partial charge in [0.1, 0.15) is 0 Å². The lowest BCUT2D eigenvalue weighted by Gasteiger charge is -2.09. The second-order valence-electron chi connectivity index (χ2n) is 4.95. The van der Waals surface area contributed by atoms with Crippen molar-refractivity contribution in [3.63, 3.8) is 0 Å². The maximum atomic E-state index is 5.11. The SMILES string of the molecule is COCCc1ccc(-c2cccc3c2CCN3)cc1. The van der Waals surface area contributed by atoms with E-state index in [9.17, 15) is 0 Å². The number of hydrogen-bond donors (Lipinski definition) is 1. The number of rotatable bonds is 4. The normalized spacial score (nSPS) is 13.1. The van der Waals surface area contributed by atoms with Crippen LogP contribution in [0.15, 0.2) is 42.5 Å². The summed E-state index contributed by atoms with van der Waals surface area (Å²) in [7, 11) is 1.74. The molecule has 0 saturated heterocycles. The fourth-order valence-electron chi connectivity index (χ4n) is 2.69. The van der Waals surface area contributed by atoms with Crippen LogP contribution >= 0.6 is 0 Å². The number of nitrogens with one attached hydrogen (secondary N) is 1. The minimum absolute atomic E-state index is 0.782. The summed E-state index contributed by atoms with van der Waals surface area (Å²) in [5, 5.41) is 3.43. The monoisotopic (exact) mass is 253 g/mol. The van der Waals surface area contributed by atoms with E-state index in [1.165, 1.54) is 27.9 Å². The number of anilines is 1. The molecule has 0 spiro atoms. The lowest BCUT2D eigenvalue weighted by molar-refractivity contribution is 0.202. The van der Waals surface area contributed by atoms with Gasteiger partial charge in [-0.05, 0) is 41.2 Å². The molecule has 0 bridgehead atoms. The van der Waals surface area contributed by atoms with Crippen molar-refractivity contribution in [2.24, 2.45) is 0 Å². The van der Waals surface area contributed by atoms with Crippen LogP contribution in [0.4, 0.5) is 5.69 Å². The maximum absolute atomic E-state index is 5.11. The smallest absolute Gasteiger partial charge is 0.0502 e. The zero-order valence-corrected chi connectivity index (χ0v) is 11.3. The third-order valence-corrected chi connectivity index (χ3v) is 3.73. The molecule has 0 aromatic heterocycles. The topological polar surface area (TPSA) is 21.3 Å². The predicted molar refractivity (Wildman–Crippen MR) is 79.7 cm³/mol. The Bertz CT molecular complexity index is 560. The van der Waals surface area contributed by atoms with E-state index in [0.29, 0.717) is 0 Å². The van der Waals surface area contributed by atoms with Crippen molar-refractivity contribution >= 4 is 5.69 Å². The molecule has 3 rings (SSSR count). The first-order valence-electron chi connectivity index (χ1n) is 6.82. The highest BCUT2D eigenvalue weighted by atomic mass is 16.5. The van der Waals surface area contributed by atoms with Crippen LogP contribution in [0.3, 0.4) is 0 Å². The first-order chi connectivity index (χ1) is 9.38. The molecule has 2 aromatic rings. The van der Waals surface area contributed by atoms with E-state index < -0.39 is 0 Å². The molecule has 0 radical (unpaired) electrons. The number of benzene rings is 2. The molecule has 0 saturated carbocycles. The lowest BCUT2D eigenvalue weighted by Crippen LogP contribution is -1.94.